The van der Waals surface area contributed by atoms with Crippen LogP contribution in [0.25, 0.3) is 6.08 Å². The Morgan fingerprint density at radius 3 is 2.42 bits per heavy atom. The molecule has 7 nitrogen and oxygen atoms in total. The largest absolute Gasteiger partial charge is 0.357 e. The number of piperazine rings is 1. The van der Waals surface area contributed by atoms with Gasteiger partial charge in [-0.2, -0.15) is 0 Å². The van der Waals surface area contributed by atoms with Crippen LogP contribution in [0, 0.1) is 0 Å². The van der Waals surface area contributed by atoms with Gasteiger partial charge in [0.05, 0.1) is 6.26 Å². The molecule has 9 heteroatoms. The summed E-state index contributed by atoms with van der Waals surface area (Å²) >= 11 is 0. The monoisotopic (exact) mass is 563 g/mol. The summed E-state index contributed by atoms with van der Waals surface area (Å²) in [5.41, 5.74) is 1.23. The predicted octanol–water partition coefficient (Wildman–Crippen LogP) is 2.57. The Hall–Kier alpha value is -1.17. The summed E-state index contributed by atoms with van der Waals surface area (Å²) in [6.07, 6.45) is 6.39. The third kappa shape index (κ3) is 10.3. The summed E-state index contributed by atoms with van der Waals surface area (Å²) < 4.78 is 24.9. The predicted molar refractivity (Wildman–Crippen MR) is 142 cm³/mol. The number of benzene rings is 1. The molecule has 1 fully saturated rings. The number of nitrogens with zero attached hydrogens (tertiary/aromatic N) is 4. The van der Waals surface area contributed by atoms with Crippen molar-refractivity contribution < 1.29 is 8.42 Å². The first kappa shape index (κ1) is 27.9. The average molecular weight is 564 g/mol. The smallest absolute Gasteiger partial charge is 0.211 e. The van der Waals surface area contributed by atoms with Crippen LogP contribution >= 0.6 is 24.0 Å². The highest BCUT2D eigenvalue weighted by molar-refractivity contribution is 14.0. The molecule has 1 saturated heterocycles. The lowest BCUT2D eigenvalue weighted by Gasteiger charge is -2.36. The number of hydrogen-bond acceptors (Lipinski definition) is 4. The molecule has 2 rings (SSSR count). The van der Waals surface area contributed by atoms with Gasteiger partial charge >= 0.3 is 0 Å². The molecule has 1 aliphatic heterocycles. The minimum atomic E-state index is -3.13. The number of aliphatic imine (C=N–C) groups is 1. The van der Waals surface area contributed by atoms with E-state index in [2.05, 4.69) is 58.5 Å². The Labute approximate surface area is 205 Å². The fourth-order valence-corrected chi connectivity index (χ4v) is 4.39. The molecule has 1 aliphatic rings. The zero-order valence-corrected chi connectivity index (χ0v) is 22.2. The average Bonchev–Trinajstić information content (AvgIpc) is 2.73. The van der Waals surface area contributed by atoms with Crippen LogP contribution in [0.4, 0.5) is 0 Å². The van der Waals surface area contributed by atoms with Gasteiger partial charge in [-0.25, -0.2) is 12.7 Å². The van der Waals surface area contributed by atoms with Gasteiger partial charge in [0.1, 0.15) is 0 Å². The van der Waals surface area contributed by atoms with E-state index in [9.17, 15) is 8.42 Å². The van der Waals surface area contributed by atoms with E-state index in [4.69, 9.17) is 4.99 Å². The second-order valence-electron chi connectivity index (χ2n) is 7.44. The van der Waals surface area contributed by atoms with Gasteiger partial charge in [0.2, 0.25) is 10.0 Å². The molecular formula is C22H38IN5O2S. The lowest BCUT2D eigenvalue weighted by Crippen LogP contribution is -2.52. The Bertz CT molecular complexity index is 778. The van der Waals surface area contributed by atoms with E-state index in [1.165, 1.54) is 16.1 Å². The fourth-order valence-electron chi connectivity index (χ4n) is 3.46. The van der Waals surface area contributed by atoms with Gasteiger partial charge in [-0.1, -0.05) is 49.4 Å². The zero-order chi connectivity index (χ0) is 21.8. The molecule has 1 aromatic carbocycles. The van der Waals surface area contributed by atoms with Crippen LogP contribution in [-0.2, 0) is 10.0 Å². The van der Waals surface area contributed by atoms with Crippen LogP contribution in [-0.4, -0.2) is 93.6 Å². The molecule has 0 amide bonds. The molecule has 0 saturated carbocycles. The molecule has 1 aromatic rings. The van der Waals surface area contributed by atoms with Gasteiger partial charge in [0.15, 0.2) is 5.96 Å². The normalized spacial score (nSPS) is 16.0. The molecule has 0 bridgehead atoms. The first-order valence-electron chi connectivity index (χ1n) is 10.9. The zero-order valence-electron chi connectivity index (χ0n) is 19.0. The van der Waals surface area contributed by atoms with Crippen molar-refractivity contribution in [1.82, 2.24) is 19.4 Å². The van der Waals surface area contributed by atoms with E-state index in [0.717, 1.165) is 51.6 Å². The maximum atomic E-state index is 11.7. The first-order chi connectivity index (χ1) is 14.4. The van der Waals surface area contributed by atoms with Crippen LogP contribution in [0.1, 0.15) is 25.8 Å². The first-order valence-corrected chi connectivity index (χ1v) is 12.7. The quantitative estimate of drug-likeness (QED) is 0.205. The molecule has 0 aliphatic carbocycles. The van der Waals surface area contributed by atoms with E-state index < -0.39 is 10.0 Å². The van der Waals surface area contributed by atoms with Crippen LogP contribution in [0.2, 0.25) is 0 Å². The number of nitrogens with one attached hydrogen (secondary N) is 1. The second kappa shape index (κ2) is 14.8. The Morgan fingerprint density at radius 2 is 1.84 bits per heavy atom. The minimum Gasteiger partial charge on any atom is -0.357 e. The number of sulfonamides is 1. The van der Waals surface area contributed by atoms with Gasteiger partial charge in [0, 0.05) is 58.9 Å². The molecule has 0 aromatic heterocycles. The van der Waals surface area contributed by atoms with Crippen molar-refractivity contribution in [2.75, 3.05) is 65.2 Å². The van der Waals surface area contributed by atoms with Crippen molar-refractivity contribution in [1.29, 1.82) is 0 Å². The molecule has 0 atom stereocenters. The fraction of sp³-hybridized carbons (Fsp3) is 0.591. The molecule has 31 heavy (non-hydrogen) atoms. The Morgan fingerprint density at radius 1 is 1.16 bits per heavy atom. The van der Waals surface area contributed by atoms with Crippen molar-refractivity contribution >= 4 is 46.0 Å². The summed E-state index contributed by atoms with van der Waals surface area (Å²) in [5.74, 6) is 0.930. The standard InChI is InChI=1S/C22H37N5O2S.HI/c1-4-23-22(24-14-10-16-27(5-2)30(3,28)29)26-19-17-25(18-20-26)15-9-13-21-11-7-6-8-12-21;/h6-9,11-13H,4-5,10,14-20H2,1-3H3,(H,23,24);1H/b13-9+;. The summed E-state index contributed by atoms with van der Waals surface area (Å²) in [7, 11) is -3.13. The van der Waals surface area contributed by atoms with Crippen molar-refractivity contribution in [2.45, 2.75) is 20.3 Å². The van der Waals surface area contributed by atoms with E-state index >= 15 is 0 Å². The molecule has 0 spiro atoms. The molecule has 1 heterocycles. The molecular weight excluding hydrogens is 525 g/mol. The third-order valence-corrected chi connectivity index (χ3v) is 6.51. The molecule has 0 unspecified atom stereocenters. The van der Waals surface area contributed by atoms with Crippen LogP contribution in [0.5, 0.6) is 0 Å². The maximum Gasteiger partial charge on any atom is 0.211 e. The van der Waals surface area contributed by atoms with E-state index in [-0.39, 0.29) is 24.0 Å². The summed E-state index contributed by atoms with van der Waals surface area (Å²) in [4.78, 5) is 9.48. The highest BCUT2D eigenvalue weighted by Gasteiger charge is 2.19. The van der Waals surface area contributed by atoms with Crippen molar-refractivity contribution in [3.63, 3.8) is 0 Å². The number of hydrogen-bond donors (Lipinski definition) is 1. The van der Waals surface area contributed by atoms with Crippen molar-refractivity contribution in [3.05, 3.63) is 42.0 Å². The molecule has 176 valence electrons. The van der Waals surface area contributed by atoms with Crippen LogP contribution < -0.4 is 5.32 Å². The lowest BCUT2D eigenvalue weighted by molar-refractivity contribution is 0.194. The highest BCUT2D eigenvalue weighted by atomic mass is 127. The number of guanidine groups is 1. The number of halogens is 1. The van der Waals surface area contributed by atoms with E-state index in [1.807, 2.05) is 13.0 Å². The summed E-state index contributed by atoms with van der Waals surface area (Å²) in [6.45, 7) is 11.2. The molecule has 1 N–H and O–H groups in total. The topological polar surface area (TPSA) is 68.2 Å². The maximum absolute atomic E-state index is 11.7. The van der Waals surface area contributed by atoms with Gasteiger partial charge < -0.3 is 10.2 Å². The highest BCUT2D eigenvalue weighted by Crippen LogP contribution is 2.06. The Balaban J connectivity index is 0.00000480. The van der Waals surface area contributed by atoms with Crippen molar-refractivity contribution in [2.24, 2.45) is 4.99 Å². The lowest BCUT2D eigenvalue weighted by atomic mass is 10.2. The summed E-state index contributed by atoms with van der Waals surface area (Å²) in [6, 6.07) is 10.4. The minimum absolute atomic E-state index is 0. The van der Waals surface area contributed by atoms with Crippen LogP contribution in [0.15, 0.2) is 41.4 Å². The van der Waals surface area contributed by atoms with Gasteiger partial charge in [-0.3, -0.25) is 9.89 Å². The SMILES string of the molecule is CCNC(=NCCCN(CC)S(C)(=O)=O)N1CCN(C/C=C/c2ccccc2)CC1.I. The van der Waals surface area contributed by atoms with Gasteiger partial charge in [-0.15, -0.1) is 24.0 Å². The van der Waals surface area contributed by atoms with E-state index in [1.54, 1.807) is 0 Å². The summed E-state index contributed by atoms with van der Waals surface area (Å²) in [5, 5.41) is 3.38. The van der Waals surface area contributed by atoms with Crippen molar-refractivity contribution in [3.8, 4) is 0 Å². The van der Waals surface area contributed by atoms with E-state index in [0.29, 0.717) is 19.6 Å². The Kier molecular flexibility index (Phi) is 13.3. The van der Waals surface area contributed by atoms with Gasteiger partial charge in [0.25, 0.3) is 0 Å². The number of rotatable bonds is 10. The van der Waals surface area contributed by atoms with Gasteiger partial charge in [-0.05, 0) is 18.9 Å². The second-order valence-corrected chi connectivity index (χ2v) is 9.43. The molecule has 0 radical (unpaired) electrons. The van der Waals surface area contributed by atoms with Crippen LogP contribution in [0.3, 0.4) is 0 Å². The third-order valence-electron chi connectivity index (χ3n) is 5.13.